The lowest BCUT2D eigenvalue weighted by Crippen LogP contribution is -2.64. The zero-order chi connectivity index (χ0) is 33.9. The molecular weight excluding hydrogens is 617 g/mol. The Hall–Kier alpha value is -1.82. The van der Waals surface area contributed by atoms with Crippen molar-refractivity contribution in [2.24, 2.45) is 26.2 Å². The summed E-state index contributed by atoms with van der Waals surface area (Å²) in [5, 5.41) is 0. The van der Waals surface area contributed by atoms with Crippen molar-refractivity contribution in [3.63, 3.8) is 0 Å². The van der Waals surface area contributed by atoms with Gasteiger partial charge in [0.1, 0.15) is 12.7 Å². The molecule has 14 heteroatoms. The highest BCUT2D eigenvalue weighted by atomic mass is 35.5. The minimum Gasteiger partial charge on any atom is -0.462 e. The van der Waals surface area contributed by atoms with Crippen LogP contribution >= 0.6 is 35.0 Å². The number of carbonyl (C=O) groups is 4. The topological polar surface area (TPSA) is 136 Å². The van der Waals surface area contributed by atoms with Crippen molar-refractivity contribution in [1.29, 1.82) is 0 Å². The summed E-state index contributed by atoms with van der Waals surface area (Å²) in [7, 11) is 0. The van der Waals surface area contributed by atoms with Crippen LogP contribution in [0.4, 0.5) is 0 Å². The molecule has 0 saturated carbocycles. The van der Waals surface area contributed by atoms with Crippen LogP contribution in [0.25, 0.3) is 0 Å². The lowest BCUT2D eigenvalue weighted by atomic mass is 9.93. The number of hydrogen-bond acceptors (Lipinski definition) is 11. The Morgan fingerprint density at radius 3 is 1.43 bits per heavy atom. The second-order valence-corrected chi connectivity index (χ2v) is 15.1. The molecule has 0 radical (unpaired) electrons. The van der Waals surface area contributed by atoms with E-state index in [2.05, 4.69) is 4.51 Å². The summed E-state index contributed by atoms with van der Waals surface area (Å²) in [5.41, 5.74) is -4.07. The number of halogens is 3. The van der Waals surface area contributed by atoms with Crippen LogP contribution in [0.3, 0.4) is 0 Å². The van der Waals surface area contributed by atoms with E-state index >= 15 is 0 Å². The maximum atomic E-state index is 13.3. The van der Waals surface area contributed by atoms with Crippen molar-refractivity contribution in [1.82, 2.24) is 0 Å². The van der Waals surface area contributed by atoms with E-state index in [1.807, 2.05) is 0 Å². The quantitative estimate of drug-likeness (QED) is 0.112. The smallest absolute Gasteiger partial charge is 0.311 e. The first kappa shape index (κ1) is 36.4. The van der Waals surface area contributed by atoms with Gasteiger partial charge in [0.2, 0.25) is 18.3 Å². The molecule has 1 unspecified atom stereocenters. The van der Waals surface area contributed by atoms with Gasteiger partial charge in [-0.2, -0.15) is 0 Å². The normalized spacial score (nSPS) is 24.7. The van der Waals surface area contributed by atoms with E-state index in [4.69, 9.17) is 64.8 Å². The van der Waals surface area contributed by atoms with Gasteiger partial charge in [0, 0.05) is 11.8 Å². The molecule has 0 amide bonds. The van der Waals surface area contributed by atoms with Crippen molar-refractivity contribution in [2.75, 3.05) is 6.61 Å². The molecule has 0 aromatic rings. The first-order chi connectivity index (χ1) is 19.1. The summed E-state index contributed by atoms with van der Waals surface area (Å²) in [6.45, 7) is 18.7. The number of esters is 4. The van der Waals surface area contributed by atoms with Gasteiger partial charge in [0.05, 0.1) is 23.0 Å². The number of nitrogens with zero attached hydrogens (tertiary/aromatic N) is 1. The molecule has 1 saturated heterocycles. The zero-order valence-electron chi connectivity index (χ0n) is 27.3. The van der Waals surface area contributed by atoms with Gasteiger partial charge in [0.25, 0.3) is 0 Å². The van der Waals surface area contributed by atoms with E-state index in [9.17, 15) is 19.2 Å². The zero-order valence-corrected chi connectivity index (χ0v) is 28.5. The van der Waals surface area contributed by atoms with Crippen molar-refractivity contribution >= 4 is 64.8 Å². The van der Waals surface area contributed by atoms with E-state index in [1.165, 1.54) is 0 Å². The summed E-state index contributed by atoms with van der Waals surface area (Å²) in [4.78, 5) is 49.7. The van der Waals surface area contributed by atoms with Crippen LogP contribution in [0.15, 0.2) is 4.51 Å². The van der Waals surface area contributed by atoms with Crippen LogP contribution in [0, 0.1) is 21.7 Å². The second-order valence-electron chi connectivity index (χ2n) is 14.0. The molecule has 1 fully saturated rings. The van der Waals surface area contributed by atoms with Crippen molar-refractivity contribution in [3.8, 4) is 0 Å². The number of hydrogen-bond donors (Lipinski definition) is 0. The molecule has 1 heterocycles. The maximum Gasteiger partial charge on any atom is 0.311 e. The molecule has 5 atom stereocenters. The van der Waals surface area contributed by atoms with E-state index in [0.29, 0.717) is 0 Å². The third-order valence-electron chi connectivity index (χ3n) is 5.61. The molecular formula is C28H44Cl3NO10. The molecule has 42 heavy (non-hydrogen) atoms. The average Bonchev–Trinajstić information content (AvgIpc) is 2.80. The van der Waals surface area contributed by atoms with Gasteiger partial charge in [-0.25, -0.2) is 0 Å². The van der Waals surface area contributed by atoms with Crippen LogP contribution in [0.1, 0.15) is 84.5 Å². The van der Waals surface area contributed by atoms with Crippen LogP contribution in [0.5, 0.6) is 0 Å². The Morgan fingerprint density at radius 1 is 0.690 bits per heavy atom. The molecule has 0 spiro atoms. The Labute approximate surface area is 264 Å². The van der Waals surface area contributed by atoms with Gasteiger partial charge in [-0.1, -0.05) is 23.2 Å². The Balaban J connectivity index is 3.88. The lowest BCUT2D eigenvalue weighted by molar-refractivity contribution is -0.296. The van der Waals surface area contributed by atoms with Gasteiger partial charge in [0.15, 0.2) is 17.0 Å². The minimum absolute atomic E-state index is 0.511. The number of carbonyl (C=O) groups excluding carboxylic acids is 4. The first-order valence-electron chi connectivity index (χ1n) is 13.8. The fourth-order valence-corrected chi connectivity index (χ4v) is 3.38. The van der Waals surface area contributed by atoms with Crippen LogP contribution in [0.2, 0.25) is 0 Å². The van der Waals surface area contributed by atoms with Crippen LogP contribution in [-0.2, 0) is 47.6 Å². The third-order valence-corrected chi connectivity index (χ3v) is 6.09. The molecule has 11 nitrogen and oxygen atoms in total. The maximum absolute atomic E-state index is 13.3. The predicted molar refractivity (Wildman–Crippen MR) is 157 cm³/mol. The molecule has 0 N–H and O–H groups in total. The third kappa shape index (κ3) is 11.0. The van der Waals surface area contributed by atoms with E-state index in [0.717, 1.165) is 0 Å². The summed E-state index contributed by atoms with van der Waals surface area (Å²) >= 11 is 17.3. The van der Waals surface area contributed by atoms with E-state index in [-0.39, 0.29) is 0 Å². The SMILES string of the molecule is [2H]C(Cl)(Cl)C(=NCl)OC1O[C@H](COC(=O)C(C)(C)C)[C@@H](OC(=O)C(C)(C)C)[C@H](OC(=O)C(C)(C)C)[C@H]1OC(=O)C(C)(C)C. The Kier molecular flexibility index (Phi) is 12.4. The van der Waals surface area contributed by atoms with E-state index in [1.54, 1.807) is 83.1 Å². The highest BCUT2D eigenvalue weighted by Crippen LogP contribution is 2.35. The van der Waals surface area contributed by atoms with Gasteiger partial charge < -0.3 is 28.4 Å². The van der Waals surface area contributed by atoms with Gasteiger partial charge in [-0.05, 0) is 83.1 Å². The van der Waals surface area contributed by atoms with Crippen molar-refractivity contribution in [2.45, 2.75) is 119 Å². The van der Waals surface area contributed by atoms with Crippen molar-refractivity contribution < 1.29 is 49.0 Å². The number of rotatable bonds is 7. The molecule has 0 bridgehead atoms. The van der Waals surface area contributed by atoms with Crippen LogP contribution < -0.4 is 0 Å². The molecule has 1 aliphatic heterocycles. The van der Waals surface area contributed by atoms with Crippen LogP contribution in [-0.4, -0.2) is 71.9 Å². The van der Waals surface area contributed by atoms with Gasteiger partial charge >= 0.3 is 23.9 Å². The fourth-order valence-electron chi connectivity index (χ4n) is 2.99. The Morgan fingerprint density at radius 2 is 1.07 bits per heavy atom. The number of ether oxygens (including phenoxy) is 6. The molecule has 1 aliphatic rings. The lowest BCUT2D eigenvalue weighted by Gasteiger charge is -2.45. The first-order valence-corrected chi connectivity index (χ1v) is 14.4. The summed E-state index contributed by atoms with van der Waals surface area (Å²) in [6, 6.07) is 0. The fraction of sp³-hybridized carbons (Fsp3) is 0.821. The predicted octanol–water partition coefficient (Wildman–Crippen LogP) is 5.55. The Bertz CT molecular complexity index is 1070. The minimum atomic E-state index is -2.52. The molecule has 0 aromatic heterocycles. The number of alkyl halides is 2. The molecule has 1 rings (SSSR count). The largest absolute Gasteiger partial charge is 0.462 e. The highest BCUT2D eigenvalue weighted by molar-refractivity contribution is 6.54. The van der Waals surface area contributed by atoms with E-state index < -0.39 is 93.6 Å². The summed E-state index contributed by atoms with van der Waals surface area (Å²) in [6.07, 6.45) is -7.80. The highest BCUT2D eigenvalue weighted by Gasteiger charge is 2.56. The standard InChI is InChI=1S/C28H44Cl3NO10/c1-25(2,3)21(33)37-13-14-15(39-22(34)26(4,5)6)16(40-23(35)27(7,8)9)17(41-24(36)28(10,11)12)20(38-14)42-19(32-31)18(29)30/h14-18,20H,13H2,1-12H3/t14-,15-,16+,17-,20?/m1/s1/i18D. The summed E-state index contributed by atoms with van der Waals surface area (Å²) in [5.74, 6) is -3.64. The van der Waals surface area contributed by atoms with Gasteiger partial charge in [-0.3, -0.25) is 19.2 Å². The van der Waals surface area contributed by atoms with Gasteiger partial charge in [-0.15, -0.1) is 4.51 Å². The average molecular weight is 662 g/mol. The monoisotopic (exact) mass is 660 g/mol. The summed E-state index contributed by atoms with van der Waals surface area (Å²) < 4.78 is 45.8. The van der Waals surface area contributed by atoms with Crippen molar-refractivity contribution in [3.05, 3.63) is 0 Å². The molecule has 0 aromatic carbocycles. The molecule has 0 aliphatic carbocycles. The molecule has 242 valence electrons. The second kappa shape index (κ2) is 14.3.